The van der Waals surface area contributed by atoms with Crippen molar-refractivity contribution in [3.05, 3.63) is 57.7 Å². The lowest BCUT2D eigenvalue weighted by atomic mass is 10.2. The molecule has 1 saturated heterocycles. The fourth-order valence-electron chi connectivity index (χ4n) is 2.37. The monoisotopic (exact) mass is 406 g/mol. The Bertz CT molecular complexity index is 929. The molecule has 0 bridgehead atoms. The molecule has 0 saturated carbocycles. The molecule has 1 amide bonds. The van der Waals surface area contributed by atoms with Crippen molar-refractivity contribution in [3.8, 4) is 11.5 Å². The maximum absolute atomic E-state index is 13.0. The lowest BCUT2D eigenvalue weighted by molar-refractivity contribution is -0.115. The number of ether oxygens (including phenoxy) is 2. The number of rotatable bonds is 5. The van der Waals surface area contributed by atoms with Crippen LogP contribution in [0.15, 0.2) is 46.3 Å². The first-order valence-electron chi connectivity index (χ1n) is 8.05. The number of aliphatic imine (C=N–C) groups is 1. The second kappa shape index (κ2) is 8.45. The zero-order chi connectivity index (χ0) is 19.4. The van der Waals surface area contributed by atoms with Gasteiger partial charge in [0.05, 0.1) is 29.3 Å². The predicted octanol–water partition coefficient (Wildman–Crippen LogP) is 4.78. The second-order valence-electron chi connectivity index (χ2n) is 5.43. The number of carbonyl (C=O) groups excluding carboxylic acids is 1. The molecule has 1 N–H and O–H groups in total. The summed E-state index contributed by atoms with van der Waals surface area (Å²) in [6.07, 6.45) is 1.69. The lowest BCUT2D eigenvalue weighted by Gasteiger charge is -2.12. The van der Waals surface area contributed by atoms with Crippen molar-refractivity contribution in [2.24, 2.45) is 4.99 Å². The number of carbonyl (C=O) groups is 1. The predicted molar refractivity (Wildman–Crippen MR) is 106 cm³/mol. The minimum Gasteiger partial charge on any atom is -0.493 e. The molecule has 140 valence electrons. The number of amidine groups is 1. The van der Waals surface area contributed by atoms with Gasteiger partial charge in [0, 0.05) is 0 Å². The van der Waals surface area contributed by atoms with Crippen molar-refractivity contribution in [1.29, 1.82) is 0 Å². The summed E-state index contributed by atoms with van der Waals surface area (Å²) in [6.45, 7) is 2.31. The summed E-state index contributed by atoms with van der Waals surface area (Å²) in [5, 5.41) is 3.50. The quantitative estimate of drug-likeness (QED) is 0.726. The van der Waals surface area contributed by atoms with Gasteiger partial charge in [0.2, 0.25) is 0 Å². The van der Waals surface area contributed by atoms with E-state index in [0.717, 1.165) is 0 Å². The van der Waals surface area contributed by atoms with Crippen LogP contribution in [0.2, 0.25) is 5.02 Å². The Balaban J connectivity index is 1.86. The Morgan fingerprint density at radius 3 is 2.70 bits per heavy atom. The molecule has 2 aromatic carbocycles. The smallest absolute Gasteiger partial charge is 0.264 e. The molecular formula is C19H16ClFN2O3S. The number of nitrogens with zero attached hydrogens (tertiary/aromatic N) is 1. The van der Waals surface area contributed by atoms with Gasteiger partial charge in [-0.25, -0.2) is 9.38 Å². The Labute approximate surface area is 165 Å². The van der Waals surface area contributed by atoms with Crippen molar-refractivity contribution in [1.82, 2.24) is 5.32 Å². The summed E-state index contributed by atoms with van der Waals surface area (Å²) in [7, 11) is 1.52. The van der Waals surface area contributed by atoms with Gasteiger partial charge in [0.1, 0.15) is 5.82 Å². The summed E-state index contributed by atoms with van der Waals surface area (Å²) in [5.74, 6) is 0.333. The summed E-state index contributed by atoms with van der Waals surface area (Å²) in [4.78, 5) is 17.0. The van der Waals surface area contributed by atoms with E-state index in [2.05, 4.69) is 10.3 Å². The normalized spacial score (nSPS) is 16.7. The molecule has 0 aromatic heterocycles. The van der Waals surface area contributed by atoms with Crippen LogP contribution < -0.4 is 14.8 Å². The van der Waals surface area contributed by atoms with Gasteiger partial charge in [-0.1, -0.05) is 11.6 Å². The van der Waals surface area contributed by atoms with Crippen LogP contribution in [0, 0.1) is 5.82 Å². The molecule has 1 aliphatic rings. The molecule has 0 unspecified atom stereocenters. The maximum Gasteiger partial charge on any atom is 0.264 e. The average molecular weight is 407 g/mol. The molecule has 0 aliphatic carbocycles. The number of nitrogens with one attached hydrogen (secondary N) is 1. The van der Waals surface area contributed by atoms with Crippen LogP contribution in [0.5, 0.6) is 11.5 Å². The number of benzene rings is 2. The molecule has 3 rings (SSSR count). The number of thioether (sulfide) groups is 1. The van der Waals surface area contributed by atoms with Gasteiger partial charge in [-0.2, -0.15) is 0 Å². The van der Waals surface area contributed by atoms with E-state index >= 15 is 0 Å². The summed E-state index contributed by atoms with van der Waals surface area (Å²) < 4.78 is 23.8. The van der Waals surface area contributed by atoms with Crippen LogP contribution in [-0.2, 0) is 4.79 Å². The van der Waals surface area contributed by atoms with E-state index < -0.39 is 0 Å². The summed E-state index contributed by atoms with van der Waals surface area (Å²) in [6, 6.07) is 9.14. The summed E-state index contributed by atoms with van der Waals surface area (Å²) in [5.41, 5.74) is 1.24. The van der Waals surface area contributed by atoms with Gasteiger partial charge in [-0.3, -0.25) is 4.79 Å². The molecule has 1 fully saturated rings. The molecular weight excluding hydrogens is 391 g/mol. The molecule has 2 aromatic rings. The van der Waals surface area contributed by atoms with E-state index in [1.54, 1.807) is 18.2 Å². The van der Waals surface area contributed by atoms with Crippen LogP contribution in [0.25, 0.3) is 6.08 Å². The van der Waals surface area contributed by atoms with Crippen LogP contribution in [0.3, 0.4) is 0 Å². The van der Waals surface area contributed by atoms with Crippen molar-refractivity contribution in [2.75, 3.05) is 13.7 Å². The largest absolute Gasteiger partial charge is 0.493 e. The van der Waals surface area contributed by atoms with Crippen LogP contribution in [0.4, 0.5) is 10.1 Å². The molecule has 0 spiro atoms. The number of methoxy groups -OCH3 is 1. The molecule has 27 heavy (non-hydrogen) atoms. The second-order valence-corrected chi connectivity index (χ2v) is 6.86. The van der Waals surface area contributed by atoms with Crippen molar-refractivity contribution in [2.45, 2.75) is 6.92 Å². The number of amides is 1. The van der Waals surface area contributed by atoms with Gasteiger partial charge < -0.3 is 14.8 Å². The standard InChI is InChI=1S/C19H16ClFN2O3S/c1-3-26-17-14(20)8-11(9-15(17)25-2)10-16-18(24)23-19(27-16)22-13-6-4-12(21)5-7-13/h4-10H,3H2,1-2H3,(H,22,23,24)/b16-10+. The van der Waals surface area contributed by atoms with E-state index in [1.807, 2.05) is 6.92 Å². The molecule has 1 heterocycles. The first-order chi connectivity index (χ1) is 13.0. The van der Waals surface area contributed by atoms with E-state index in [1.165, 1.54) is 43.1 Å². The van der Waals surface area contributed by atoms with Gasteiger partial charge >= 0.3 is 0 Å². The Kier molecular flexibility index (Phi) is 6.03. The zero-order valence-electron chi connectivity index (χ0n) is 14.6. The Morgan fingerprint density at radius 2 is 2.04 bits per heavy atom. The van der Waals surface area contributed by atoms with Crippen LogP contribution in [-0.4, -0.2) is 24.8 Å². The molecule has 5 nitrogen and oxygen atoms in total. The number of hydrogen-bond acceptors (Lipinski definition) is 5. The number of halogens is 2. The zero-order valence-corrected chi connectivity index (χ0v) is 16.2. The van der Waals surface area contributed by atoms with E-state index in [4.69, 9.17) is 21.1 Å². The van der Waals surface area contributed by atoms with Crippen LogP contribution >= 0.6 is 23.4 Å². The van der Waals surface area contributed by atoms with E-state index in [0.29, 0.717) is 44.5 Å². The SMILES string of the molecule is CCOc1c(Cl)cc(/C=C2/SC(=Nc3ccc(F)cc3)NC2=O)cc1OC. The van der Waals surface area contributed by atoms with Gasteiger partial charge in [0.25, 0.3) is 5.91 Å². The Hall–Kier alpha value is -2.51. The molecule has 8 heteroatoms. The van der Waals surface area contributed by atoms with Crippen molar-refractivity contribution in [3.63, 3.8) is 0 Å². The highest BCUT2D eigenvalue weighted by molar-refractivity contribution is 8.18. The Morgan fingerprint density at radius 1 is 1.30 bits per heavy atom. The van der Waals surface area contributed by atoms with Gasteiger partial charge in [0.15, 0.2) is 16.7 Å². The third-order valence-corrected chi connectivity index (χ3v) is 4.74. The average Bonchev–Trinajstić information content (AvgIpc) is 2.98. The highest BCUT2D eigenvalue weighted by Gasteiger charge is 2.24. The van der Waals surface area contributed by atoms with Crippen LogP contribution in [0.1, 0.15) is 12.5 Å². The minimum atomic E-state index is -0.344. The number of hydrogen-bond donors (Lipinski definition) is 1. The molecule has 0 radical (unpaired) electrons. The fraction of sp³-hybridized carbons (Fsp3) is 0.158. The highest BCUT2D eigenvalue weighted by Crippen LogP contribution is 2.38. The first kappa shape index (κ1) is 19.3. The highest BCUT2D eigenvalue weighted by atomic mass is 35.5. The van der Waals surface area contributed by atoms with Crippen molar-refractivity contribution < 1.29 is 18.7 Å². The van der Waals surface area contributed by atoms with Crippen molar-refractivity contribution >= 4 is 46.2 Å². The van der Waals surface area contributed by atoms with Gasteiger partial charge in [-0.15, -0.1) is 0 Å². The molecule has 0 atom stereocenters. The fourth-order valence-corrected chi connectivity index (χ4v) is 3.49. The van der Waals surface area contributed by atoms with E-state index in [9.17, 15) is 9.18 Å². The third kappa shape index (κ3) is 4.61. The maximum atomic E-state index is 13.0. The molecule has 1 aliphatic heterocycles. The van der Waals surface area contributed by atoms with E-state index in [-0.39, 0.29) is 11.7 Å². The first-order valence-corrected chi connectivity index (χ1v) is 9.25. The van der Waals surface area contributed by atoms with Gasteiger partial charge in [-0.05, 0) is 66.7 Å². The lowest BCUT2D eigenvalue weighted by Crippen LogP contribution is -2.19. The third-order valence-electron chi connectivity index (χ3n) is 3.55. The summed E-state index contributed by atoms with van der Waals surface area (Å²) >= 11 is 7.45. The minimum absolute atomic E-state index is 0.273. The topological polar surface area (TPSA) is 59.9 Å².